The average Bonchev–Trinajstić information content (AvgIpc) is 3.30. The minimum atomic E-state index is -0.975. The Kier molecular flexibility index (Phi) is 3.55. The Hall–Kier alpha value is -2.83. The second-order valence-corrected chi connectivity index (χ2v) is 5.71. The van der Waals surface area contributed by atoms with Gasteiger partial charge < -0.3 is 10.4 Å². The minimum absolute atomic E-state index is 0.192. The molecule has 0 unspecified atom stereocenters. The molecular formula is C16H17N3O4. The van der Waals surface area contributed by atoms with Crippen LogP contribution in [-0.2, 0) is 16.6 Å². The van der Waals surface area contributed by atoms with Gasteiger partial charge in [-0.15, -0.1) is 0 Å². The standard InChI is InChI=1S/C16H17N3O4/c1-9-13(17-14(20)11-8-12(11)16(22)23)15(21)19(18(9)2)10-6-4-3-5-7-10/h3-7,11-12H,8H2,1-2H3,(H,17,20)(H,22,23)/t11-,12-/m0/s1. The molecule has 1 amide bonds. The summed E-state index contributed by atoms with van der Waals surface area (Å²) in [6.07, 6.45) is 0.319. The van der Waals surface area contributed by atoms with E-state index in [0.29, 0.717) is 17.8 Å². The van der Waals surface area contributed by atoms with Gasteiger partial charge in [0.1, 0.15) is 5.69 Å². The Morgan fingerprint density at radius 2 is 1.87 bits per heavy atom. The molecule has 1 heterocycles. The lowest BCUT2D eigenvalue weighted by molar-refractivity contribution is -0.139. The largest absolute Gasteiger partial charge is 0.481 e. The zero-order chi connectivity index (χ0) is 16.7. The van der Waals surface area contributed by atoms with E-state index in [-0.39, 0.29) is 11.2 Å². The van der Waals surface area contributed by atoms with Gasteiger partial charge in [-0.1, -0.05) is 18.2 Å². The van der Waals surface area contributed by atoms with E-state index in [1.54, 1.807) is 30.8 Å². The van der Waals surface area contributed by atoms with Gasteiger partial charge in [-0.2, -0.15) is 0 Å². The first-order valence-corrected chi connectivity index (χ1v) is 7.29. The number of aromatic nitrogens is 2. The van der Waals surface area contributed by atoms with Crippen LogP contribution in [0.5, 0.6) is 0 Å². The summed E-state index contributed by atoms with van der Waals surface area (Å²) < 4.78 is 3.13. The molecule has 1 aromatic heterocycles. The zero-order valence-corrected chi connectivity index (χ0v) is 12.8. The van der Waals surface area contributed by atoms with Crippen molar-refractivity contribution >= 4 is 17.6 Å². The number of nitrogens with zero attached hydrogens (tertiary/aromatic N) is 2. The van der Waals surface area contributed by atoms with Crippen molar-refractivity contribution in [3.63, 3.8) is 0 Å². The predicted molar refractivity (Wildman–Crippen MR) is 83.6 cm³/mol. The van der Waals surface area contributed by atoms with Crippen LogP contribution in [0.25, 0.3) is 5.69 Å². The quantitative estimate of drug-likeness (QED) is 0.885. The fourth-order valence-electron chi connectivity index (χ4n) is 2.69. The Labute approximate surface area is 132 Å². The van der Waals surface area contributed by atoms with Crippen molar-refractivity contribution in [1.82, 2.24) is 9.36 Å². The molecule has 7 nitrogen and oxygen atoms in total. The molecule has 1 aromatic carbocycles. The summed E-state index contributed by atoms with van der Waals surface area (Å²) in [5, 5.41) is 11.5. The first-order valence-electron chi connectivity index (χ1n) is 7.29. The number of para-hydroxylation sites is 1. The Morgan fingerprint density at radius 1 is 1.22 bits per heavy atom. The molecule has 120 valence electrons. The van der Waals surface area contributed by atoms with Crippen LogP contribution in [0.15, 0.2) is 35.1 Å². The fraction of sp³-hybridized carbons (Fsp3) is 0.312. The van der Waals surface area contributed by atoms with Crippen molar-refractivity contribution in [2.75, 3.05) is 5.32 Å². The van der Waals surface area contributed by atoms with Gasteiger partial charge in [0.2, 0.25) is 5.91 Å². The van der Waals surface area contributed by atoms with Gasteiger partial charge >= 0.3 is 5.97 Å². The van der Waals surface area contributed by atoms with Gasteiger partial charge in [0.15, 0.2) is 0 Å². The lowest BCUT2D eigenvalue weighted by atomic mass is 10.3. The monoisotopic (exact) mass is 315 g/mol. The van der Waals surface area contributed by atoms with Crippen molar-refractivity contribution in [3.8, 4) is 5.69 Å². The number of carboxylic acids is 1. The number of anilines is 1. The summed E-state index contributed by atoms with van der Waals surface area (Å²) in [7, 11) is 1.73. The number of benzene rings is 1. The highest BCUT2D eigenvalue weighted by atomic mass is 16.4. The molecule has 3 rings (SSSR count). The number of amides is 1. The van der Waals surface area contributed by atoms with Crippen LogP contribution in [-0.4, -0.2) is 26.3 Å². The summed E-state index contributed by atoms with van der Waals surface area (Å²) in [6, 6.07) is 9.10. The van der Waals surface area contributed by atoms with Crippen LogP contribution in [0.3, 0.4) is 0 Å². The first kappa shape index (κ1) is 15.1. The third-order valence-corrected chi connectivity index (χ3v) is 4.25. The normalized spacial score (nSPS) is 19.4. The van der Waals surface area contributed by atoms with Crippen LogP contribution in [0, 0.1) is 18.8 Å². The molecule has 0 aliphatic heterocycles. The van der Waals surface area contributed by atoms with E-state index >= 15 is 0 Å². The molecule has 0 saturated heterocycles. The Morgan fingerprint density at radius 3 is 2.43 bits per heavy atom. The third-order valence-electron chi connectivity index (χ3n) is 4.25. The molecule has 2 aromatic rings. The molecule has 1 fully saturated rings. The number of hydrogen-bond acceptors (Lipinski definition) is 3. The number of aliphatic carboxylic acids is 1. The van der Waals surface area contributed by atoms with Crippen molar-refractivity contribution in [1.29, 1.82) is 0 Å². The van der Waals surface area contributed by atoms with Crippen LogP contribution in [0.1, 0.15) is 12.1 Å². The summed E-state index contributed by atoms with van der Waals surface area (Å²) in [6.45, 7) is 1.73. The molecular weight excluding hydrogens is 298 g/mol. The number of nitrogens with one attached hydrogen (secondary N) is 1. The maximum Gasteiger partial charge on any atom is 0.307 e. The maximum absolute atomic E-state index is 12.6. The van der Waals surface area contributed by atoms with Crippen LogP contribution < -0.4 is 10.9 Å². The topological polar surface area (TPSA) is 93.3 Å². The van der Waals surface area contributed by atoms with Crippen molar-refractivity contribution in [3.05, 3.63) is 46.4 Å². The van der Waals surface area contributed by atoms with Gasteiger partial charge in [0.25, 0.3) is 5.56 Å². The van der Waals surface area contributed by atoms with Gasteiger partial charge in [-0.25, -0.2) is 4.68 Å². The molecule has 1 aliphatic rings. The summed E-state index contributed by atoms with van der Waals surface area (Å²) in [5.74, 6) is -2.59. The molecule has 0 bridgehead atoms. The van der Waals surface area contributed by atoms with E-state index in [4.69, 9.17) is 5.11 Å². The van der Waals surface area contributed by atoms with E-state index in [1.165, 1.54) is 4.68 Å². The van der Waals surface area contributed by atoms with Gasteiger partial charge in [0.05, 0.1) is 23.2 Å². The highest BCUT2D eigenvalue weighted by Crippen LogP contribution is 2.39. The van der Waals surface area contributed by atoms with Gasteiger partial charge in [-0.3, -0.25) is 19.1 Å². The van der Waals surface area contributed by atoms with Gasteiger partial charge in [-0.05, 0) is 25.5 Å². The van der Waals surface area contributed by atoms with E-state index in [1.807, 2.05) is 18.2 Å². The smallest absolute Gasteiger partial charge is 0.307 e. The second kappa shape index (κ2) is 5.42. The maximum atomic E-state index is 12.6. The van der Waals surface area contributed by atoms with E-state index in [9.17, 15) is 14.4 Å². The van der Waals surface area contributed by atoms with E-state index < -0.39 is 23.7 Å². The zero-order valence-electron chi connectivity index (χ0n) is 12.8. The van der Waals surface area contributed by atoms with Crippen molar-refractivity contribution in [2.45, 2.75) is 13.3 Å². The predicted octanol–water partition coefficient (Wildman–Crippen LogP) is 1.14. The number of carboxylic acid groups (broad SMARTS) is 1. The SMILES string of the molecule is Cc1c(NC(=O)[C@H]2C[C@@H]2C(=O)O)c(=O)n(-c2ccccc2)n1C. The number of carbonyl (C=O) groups excluding carboxylic acids is 1. The summed E-state index contributed by atoms with van der Waals surface area (Å²) in [5.41, 5.74) is 1.16. The molecule has 1 aliphatic carbocycles. The van der Waals surface area contributed by atoms with Crippen LogP contribution in [0.4, 0.5) is 5.69 Å². The van der Waals surface area contributed by atoms with E-state index in [2.05, 4.69) is 5.32 Å². The number of rotatable bonds is 4. The molecule has 23 heavy (non-hydrogen) atoms. The van der Waals surface area contributed by atoms with E-state index in [0.717, 1.165) is 0 Å². The molecule has 2 N–H and O–H groups in total. The third kappa shape index (κ3) is 2.54. The van der Waals surface area contributed by atoms with Crippen molar-refractivity contribution in [2.24, 2.45) is 18.9 Å². The fourth-order valence-corrected chi connectivity index (χ4v) is 2.69. The lowest BCUT2D eigenvalue weighted by Crippen LogP contribution is -2.24. The average molecular weight is 315 g/mol. The van der Waals surface area contributed by atoms with Crippen LogP contribution >= 0.6 is 0 Å². The summed E-state index contributed by atoms with van der Waals surface area (Å²) in [4.78, 5) is 35.6. The Bertz CT molecular complexity index is 835. The summed E-state index contributed by atoms with van der Waals surface area (Å²) >= 11 is 0. The lowest BCUT2D eigenvalue weighted by Gasteiger charge is -2.07. The molecule has 0 spiro atoms. The second-order valence-electron chi connectivity index (χ2n) is 5.71. The number of hydrogen-bond donors (Lipinski definition) is 2. The molecule has 1 saturated carbocycles. The molecule has 2 atom stereocenters. The first-order chi connectivity index (χ1) is 10.9. The number of carbonyl (C=O) groups is 2. The van der Waals surface area contributed by atoms with Crippen LogP contribution in [0.2, 0.25) is 0 Å². The van der Waals surface area contributed by atoms with Crippen molar-refractivity contribution < 1.29 is 14.7 Å². The Balaban J connectivity index is 1.91. The molecule has 0 radical (unpaired) electrons. The minimum Gasteiger partial charge on any atom is -0.481 e. The van der Waals surface area contributed by atoms with Gasteiger partial charge in [0, 0.05) is 7.05 Å². The molecule has 7 heteroatoms. The highest BCUT2D eigenvalue weighted by Gasteiger charge is 2.48. The highest BCUT2D eigenvalue weighted by molar-refractivity contribution is 5.98.